The molecule has 1 aromatic carbocycles. The summed E-state index contributed by atoms with van der Waals surface area (Å²) in [5.41, 5.74) is 2.05. The zero-order valence-corrected chi connectivity index (χ0v) is 23.3. The van der Waals surface area contributed by atoms with Gasteiger partial charge in [0.25, 0.3) is 5.91 Å². The quantitative estimate of drug-likeness (QED) is 0.401. The Kier molecular flexibility index (Phi) is 6.72. The third kappa shape index (κ3) is 5.33. The summed E-state index contributed by atoms with van der Waals surface area (Å²) >= 11 is 1.66. The molecule has 1 amide bonds. The van der Waals surface area contributed by atoms with E-state index >= 15 is 0 Å². The minimum Gasteiger partial charge on any atom is -0.395 e. The number of hydrogen-bond acceptors (Lipinski definition) is 8. The summed E-state index contributed by atoms with van der Waals surface area (Å²) in [6.45, 7) is 3.25. The number of anilines is 4. The van der Waals surface area contributed by atoms with Crippen molar-refractivity contribution in [2.75, 3.05) is 64.6 Å². The smallest absolute Gasteiger partial charge is 0.258 e. The molecule has 3 heterocycles. The molecule has 2 aliphatic heterocycles. The molecule has 4 fully saturated rings. The van der Waals surface area contributed by atoms with Crippen molar-refractivity contribution in [1.29, 1.82) is 0 Å². The van der Waals surface area contributed by atoms with E-state index in [0.717, 1.165) is 61.6 Å². The number of benzene rings is 1. The topological polar surface area (TPSA) is 115 Å². The number of pyridine rings is 1. The molecule has 0 radical (unpaired) electrons. The second-order valence-electron chi connectivity index (χ2n) is 11.2. The van der Waals surface area contributed by atoms with Crippen molar-refractivity contribution in [2.24, 2.45) is 17.3 Å². The van der Waals surface area contributed by atoms with Crippen LogP contribution in [0.5, 0.6) is 0 Å². The maximum Gasteiger partial charge on any atom is 0.258 e. The van der Waals surface area contributed by atoms with Crippen molar-refractivity contribution in [3.8, 4) is 0 Å². The first-order valence-corrected chi connectivity index (χ1v) is 16.3. The number of aliphatic hydroxyl groups excluding tert-OH is 1. The first kappa shape index (κ1) is 25.8. The molecule has 4 aliphatic rings. The Bertz CT molecular complexity index is 1330. The Balaban J connectivity index is 1.26. The number of aromatic nitrogens is 1. The maximum atomic E-state index is 13.6. The van der Waals surface area contributed by atoms with Gasteiger partial charge in [-0.1, -0.05) is 0 Å². The van der Waals surface area contributed by atoms with Crippen LogP contribution >= 0.6 is 11.8 Å². The van der Waals surface area contributed by atoms with E-state index in [1.54, 1.807) is 30.0 Å². The van der Waals surface area contributed by atoms with Gasteiger partial charge >= 0.3 is 0 Å². The molecule has 2 atom stereocenters. The second-order valence-corrected chi connectivity index (χ2v) is 13.9. The highest BCUT2D eigenvalue weighted by molar-refractivity contribution is 7.98. The van der Waals surface area contributed by atoms with Crippen LogP contribution in [0.25, 0.3) is 0 Å². The highest BCUT2D eigenvalue weighted by Crippen LogP contribution is 2.54. The van der Waals surface area contributed by atoms with Crippen molar-refractivity contribution in [1.82, 2.24) is 4.98 Å². The molecule has 2 saturated carbocycles. The lowest BCUT2D eigenvalue weighted by atomic mass is 9.93. The molecule has 6 rings (SSSR count). The van der Waals surface area contributed by atoms with Gasteiger partial charge in [0.15, 0.2) is 0 Å². The van der Waals surface area contributed by atoms with Gasteiger partial charge in [0, 0.05) is 31.1 Å². The van der Waals surface area contributed by atoms with Gasteiger partial charge in [0.1, 0.15) is 11.6 Å². The highest BCUT2D eigenvalue weighted by atomic mass is 32.2. The average Bonchev–Trinajstić information content (AvgIpc) is 3.80. The summed E-state index contributed by atoms with van der Waals surface area (Å²) in [6.07, 6.45) is 8.05. The number of rotatable bonds is 9. The lowest BCUT2D eigenvalue weighted by molar-refractivity contribution is 0.102. The lowest BCUT2D eigenvalue weighted by Crippen LogP contribution is -2.35. The number of nitrogens with zero attached hydrogens (tertiary/aromatic N) is 3. The molecule has 2 aromatic rings. The molecule has 2 unspecified atom stereocenters. The number of thioether (sulfide) groups is 1. The van der Waals surface area contributed by atoms with Crippen LogP contribution in [0.3, 0.4) is 0 Å². The SMILES string of the molecule is CSc1ccc(NC(=O)c2ccc(NS(=O)(=O)CCO)cc2N2CCC3(CC2)CC3)nc1N1CC2CC2C1. The summed E-state index contributed by atoms with van der Waals surface area (Å²) in [7, 11) is -3.68. The van der Waals surface area contributed by atoms with Gasteiger partial charge in [0.2, 0.25) is 10.0 Å². The predicted molar refractivity (Wildman–Crippen MR) is 152 cm³/mol. The van der Waals surface area contributed by atoms with Crippen LogP contribution in [0.2, 0.25) is 0 Å². The first-order chi connectivity index (χ1) is 18.3. The Morgan fingerprint density at radius 2 is 1.84 bits per heavy atom. The number of fused-ring (bicyclic) bond motifs is 1. The van der Waals surface area contributed by atoms with Crippen molar-refractivity contribution in [2.45, 2.75) is 37.0 Å². The fraction of sp³-hybridized carbons (Fsp3) is 0.556. The van der Waals surface area contributed by atoms with Crippen LogP contribution in [0.15, 0.2) is 35.2 Å². The third-order valence-electron chi connectivity index (χ3n) is 8.58. The largest absolute Gasteiger partial charge is 0.395 e. The van der Waals surface area contributed by atoms with Crippen LogP contribution in [0.4, 0.5) is 23.0 Å². The van der Waals surface area contributed by atoms with E-state index in [2.05, 4.69) is 19.8 Å². The second kappa shape index (κ2) is 9.91. The third-order valence-corrected chi connectivity index (χ3v) is 10.6. The molecule has 0 bridgehead atoms. The van der Waals surface area contributed by atoms with Gasteiger partial charge in [-0.25, -0.2) is 13.4 Å². The predicted octanol–water partition coefficient (Wildman–Crippen LogP) is 3.63. The van der Waals surface area contributed by atoms with Crippen molar-refractivity contribution in [3.63, 3.8) is 0 Å². The number of aliphatic hydroxyl groups is 1. The van der Waals surface area contributed by atoms with E-state index in [1.165, 1.54) is 19.3 Å². The monoisotopic (exact) mass is 557 g/mol. The summed E-state index contributed by atoms with van der Waals surface area (Å²) in [5, 5.41) is 12.1. The fourth-order valence-corrected chi connectivity index (χ4v) is 7.33. The Hall–Kier alpha value is -2.50. The number of piperidine rings is 2. The Labute approximate surface area is 228 Å². The zero-order valence-electron chi connectivity index (χ0n) is 21.6. The summed E-state index contributed by atoms with van der Waals surface area (Å²) < 4.78 is 27.1. The van der Waals surface area contributed by atoms with E-state index < -0.39 is 16.6 Å². The van der Waals surface area contributed by atoms with E-state index in [4.69, 9.17) is 10.1 Å². The lowest BCUT2D eigenvalue weighted by Gasteiger charge is -2.35. The number of carbonyl (C=O) groups is 1. The van der Waals surface area contributed by atoms with E-state index in [1.807, 2.05) is 18.4 Å². The molecule has 3 N–H and O–H groups in total. The molecule has 2 aliphatic carbocycles. The highest BCUT2D eigenvalue weighted by Gasteiger charge is 2.46. The number of nitrogens with one attached hydrogen (secondary N) is 2. The van der Waals surface area contributed by atoms with E-state index in [9.17, 15) is 13.2 Å². The number of hydrogen-bond donors (Lipinski definition) is 3. The maximum absolute atomic E-state index is 13.6. The van der Waals surface area contributed by atoms with Gasteiger partial charge < -0.3 is 20.2 Å². The van der Waals surface area contributed by atoms with Gasteiger partial charge in [-0.05, 0) is 85.9 Å². The first-order valence-electron chi connectivity index (χ1n) is 13.4. The molecule has 2 saturated heterocycles. The molecule has 11 heteroatoms. The van der Waals surface area contributed by atoms with Crippen molar-refractivity contribution in [3.05, 3.63) is 35.9 Å². The summed E-state index contributed by atoms with van der Waals surface area (Å²) in [6, 6.07) is 8.88. The number of carbonyl (C=O) groups excluding carboxylic acids is 1. The molecule has 1 spiro atoms. The number of sulfonamides is 1. The standard InChI is InChI=1S/C27H35N5O4S2/c1-37-23-4-5-24(28-25(23)32-16-18-14-19(18)17-32)29-26(34)21-3-2-20(30-38(35,36)13-12-33)15-22(21)31-10-8-27(6-7-27)9-11-31/h2-5,15,18-19,30,33H,6-14,16-17H2,1H3,(H,28,29,34). The Morgan fingerprint density at radius 3 is 2.50 bits per heavy atom. The van der Waals surface area contributed by atoms with Gasteiger partial charge in [-0.2, -0.15) is 0 Å². The van der Waals surface area contributed by atoms with E-state index in [0.29, 0.717) is 28.2 Å². The minimum absolute atomic E-state index is 0.268. The molecular weight excluding hydrogens is 522 g/mol. The zero-order chi connectivity index (χ0) is 26.5. The van der Waals surface area contributed by atoms with Crippen molar-refractivity contribution < 1.29 is 18.3 Å². The molecule has 9 nitrogen and oxygen atoms in total. The van der Waals surface area contributed by atoms with Crippen LogP contribution in [-0.4, -0.2) is 69.2 Å². The molecule has 38 heavy (non-hydrogen) atoms. The Morgan fingerprint density at radius 1 is 1.11 bits per heavy atom. The van der Waals surface area contributed by atoms with Crippen LogP contribution in [-0.2, 0) is 10.0 Å². The minimum atomic E-state index is -3.68. The molecule has 1 aromatic heterocycles. The summed E-state index contributed by atoms with van der Waals surface area (Å²) in [4.78, 5) is 24.1. The van der Waals surface area contributed by atoms with Crippen molar-refractivity contribution >= 4 is 50.7 Å². The van der Waals surface area contributed by atoms with Gasteiger partial charge in [0.05, 0.1) is 29.3 Å². The number of amides is 1. The average molecular weight is 558 g/mol. The van der Waals surface area contributed by atoms with Crippen LogP contribution in [0.1, 0.15) is 42.5 Å². The fourth-order valence-electron chi connectivity index (χ4n) is 5.94. The molecule has 204 valence electrons. The normalized spacial score (nSPS) is 23.3. The van der Waals surface area contributed by atoms with E-state index in [-0.39, 0.29) is 11.7 Å². The van der Waals surface area contributed by atoms with Gasteiger partial charge in [-0.15, -0.1) is 11.8 Å². The van der Waals surface area contributed by atoms with Crippen LogP contribution < -0.4 is 19.8 Å². The summed E-state index contributed by atoms with van der Waals surface area (Å²) in [5.74, 6) is 2.35. The van der Waals surface area contributed by atoms with Gasteiger partial charge in [-0.3, -0.25) is 9.52 Å². The van der Waals surface area contributed by atoms with Crippen LogP contribution in [0, 0.1) is 17.3 Å². The molecular formula is C27H35N5O4S2.